The molecule has 0 spiro atoms. The summed E-state index contributed by atoms with van der Waals surface area (Å²) in [7, 11) is 0. The highest BCUT2D eigenvalue weighted by Gasteiger charge is 2.13. The number of benzene rings is 1. The van der Waals surface area contributed by atoms with Crippen LogP contribution < -0.4 is 10.6 Å². The molecule has 3 aromatic rings. The number of carbonyl (C=O) groups excluding carboxylic acids is 1. The smallest absolute Gasteiger partial charge is 0.256 e. The summed E-state index contributed by atoms with van der Waals surface area (Å²) in [6.07, 6.45) is 7.46. The van der Waals surface area contributed by atoms with Gasteiger partial charge in [-0.15, -0.1) is 0 Å². The number of hydrogen-bond acceptors (Lipinski definition) is 5. The average Bonchev–Trinajstić information content (AvgIpc) is 3.10. The lowest BCUT2D eigenvalue weighted by Crippen LogP contribution is -2.17. The quantitative estimate of drug-likeness (QED) is 0.718. The van der Waals surface area contributed by atoms with Crippen LogP contribution in [0.2, 0.25) is 0 Å². The van der Waals surface area contributed by atoms with E-state index in [9.17, 15) is 4.79 Å². The highest BCUT2D eigenvalue weighted by Crippen LogP contribution is 2.19. The summed E-state index contributed by atoms with van der Waals surface area (Å²) in [6, 6.07) is 9.24. The molecule has 0 aliphatic heterocycles. The first kappa shape index (κ1) is 16.6. The summed E-state index contributed by atoms with van der Waals surface area (Å²) in [5, 5.41) is 10.3. The molecule has 1 aromatic carbocycles. The maximum atomic E-state index is 12.6. The topological polar surface area (TPSA) is 84.7 Å². The summed E-state index contributed by atoms with van der Waals surface area (Å²) in [4.78, 5) is 20.7. The summed E-state index contributed by atoms with van der Waals surface area (Å²) < 4.78 is 1.82. The maximum absolute atomic E-state index is 12.6. The van der Waals surface area contributed by atoms with Crippen molar-refractivity contribution in [3.63, 3.8) is 0 Å². The van der Waals surface area contributed by atoms with Crippen molar-refractivity contribution in [2.24, 2.45) is 0 Å². The molecule has 3 rings (SSSR count). The van der Waals surface area contributed by atoms with Gasteiger partial charge in [0.2, 0.25) is 0 Å². The number of amides is 1. The zero-order chi connectivity index (χ0) is 17.6. The van der Waals surface area contributed by atoms with E-state index < -0.39 is 0 Å². The SMILES string of the molecule is CC[C@H](C)n1nccc1NC(=O)c1cccc(Nc2cnccn2)c1. The zero-order valence-electron chi connectivity index (χ0n) is 14.2. The second-order valence-corrected chi connectivity index (χ2v) is 5.67. The number of nitrogens with zero attached hydrogens (tertiary/aromatic N) is 4. The first-order valence-electron chi connectivity index (χ1n) is 8.15. The van der Waals surface area contributed by atoms with Crippen molar-refractivity contribution in [3.05, 3.63) is 60.7 Å². The summed E-state index contributed by atoms with van der Waals surface area (Å²) in [5.74, 6) is 1.12. The van der Waals surface area contributed by atoms with Crippen molar-refractivity contribution in [1.29, 1.82) is 0 Å². The predicted molar refractivity (Wildman–Crippen MR) is 96.9 cm³/mol. The third-order valence-corrected chi connectivity index (χ3v) is 3.88. The summed E-state index contributed by atoms with van der Waals surface area (Å²) in [6.45, 7) is 4.15. The Hall–Kier alpha value is -3.22. The van der Waals surface area contributed by atoms with Crippen molar-refractivity contribution < 1.29 is 4.79 Å². The first-order valence-corrected chi connectivity index (χ1v) is 8.15. The lowest BCUT2D eigenvalue weighted by atomic mass is 10.2. The lowest BCUT2D eigenvalue weighted by molar-refractivity contribution is 0.102. The van der Waals surface area contributed by atoms with Crippen molar-refractivity contribution >= 4 is 23.2 Å². The van der Waals surface area contributed by atoms with E-state index >= 15 is 0 Å². The van der Waals surface area contributed by atoms with E-state index in [2.05, 4.69) is 39.5 Å². The van der Waals surface area contributed by atoms with Crippen LogP contribution >= 0.6 is 0 Å². The maximum Gasteiger partial charge on any atom is 0.256 e. The largest absolute Gasteiger partial charge is 0.339 e. The van der Waals surface area contributed by atoms with Crippen molar-refractivity contribution in [2.45, 2.75) is 26.3 Å². The normalized spacial score (nSPS) is 11.8. The van der Waals surface area contributed by atoms with E-state index in [0.717, 1.165) is 12.1 Å². The van der Waals surface area contributed by atoms with E-state index in [4.69, 9.17) is 0 Å². The molecule has 0 radical (unpaired) electrons. The molecule has 0 unspecified atom stereocenters. The molecule has 2 heterocycles. The van der Waals surface area contributed by atoms with Crippen LogP contribution in [0.25, 0.3) is 0 Å². The highest BCUT2D eigenvalue weighted by molar-refractivity contribution is 6.04. The van der Waals surface area contributed by atoms with Gasteiger partial charge in [-0.25, -0.2) is 9.67 Å². The Bertz CT molecular complexity index is 846. The molecule has 0 saturated heterocycles. The van der Waals surface area contributed by atoms with Gasteiger partial charge in [0.25, 0.3) is 5.91 Å². The molecule has 0 fully saturated rings. The fourth-order valence-electron chi connectivity index (χ4n) is 2.38. The van der Waals surface area contributed by atoms with E-state index in [-0.39, 0.29) is 11.9 Å². The highest BCUT2D eigenvalue weighted by atomic mass is 16.1. The summed E-state index contributed by atoms with van der Waals surface area (Å²) in [5.41, 5.74) is 1.31. The lowest BCUT2D eigenvalue weighted by Gasteiger charge is -2.14. The van der Waals surface area contributed by atoms with Crippen LogP contribution in [-0.4, -0.2) is 25.7 Å². The molecule has 2 N–H and O–H groups in total. The van der Waals surface area contributed by atoms with Crippen LogP contribution in [-0.2, 0) is 0 Å². The molecule has 7 nitrogen and oxygen atoms in total. The number of nitrogens with one attached hydrogen (secondary N) is 2. The number of rotatable bonds is 6. The van der Waals surface area contributed by atoms with Crippen LogP contribution in [0.5, 0.6) is 0 Å². The molecule has 7 heteroatoms. The second-order valence-electron chi connectivity index (χ2n) is 5.67. The molecular weight excluding hydrogens is 316 g/mol. The Kier molecular flexibility index (Phi) is 5.03. The fraction of sp³-hybridized carbons (Fsp3) is 0.222. The van der Waals surface area contributed by atoms with Crippen LogP contribution in [0.15, 0.2) is 55.1 Å². The van der Waals surface area contributed by atoms with Crippen LogP contribution in [0, 0.1) is 0 Å². The predicted octanol–water partition coefficient (Wildman–Crippen LogP) is 3.64. The van der Waals surface area contributed by atoms with Crippen molar-refractivity contribution in [2.75, 3.05) is 10.6 Å². The zero-order valence-corrected chi connectivity index (χ0v) is 14.2. The van der Waals surface area contributed by atoms with Gasteiger partial charge in [0.15, 0.2) is 0 Å². The van der Waals surface area contributed by atoms with Crippen molar-refractivity contribution in [3.8, 4) is 0 Å². The Balaban J connectivity index is 1.75. The first-order chi connectivity index (χ1) is 12.2. The Morgan fingerprint density at radius 2 is 2.12 bits per heavy atom. The molecule has 2 aromatic heterocycles. The van der Waals surface area contributed by atoms with Gasteiger partial charge in [0, 0.05) is 29.7 Å². The Morgan fingerprint density at radius 3 is 2.88 bits per heavy atom. The number of carbonyl (C=O) groups is 1. The van der Waals surface area contributed by atoms with Crippen LogP contribution in [0.3, 0.4) is 0 Å². The molecule has 128 valence electrons. The Morgan fingerprint density at radius 1 is 1.24 bits per heavy atom. The monoisotopic (exact) mass is 336 g/mol. The van der Waals surface area contributed by atoms with Gasteiger partial charge in [0.1, 0.15) is 11.6 Å². The van der Waals surface area contributed by atoms with E-state index in [1.54, 1.807) is 43.0 Å². The molecule has 25 heavy (non-hydrogen) atoms. The molecule has 1 atom stereocenters. The van der Waals surface area contributed by atoms with E-state index in [1.807, 2.05) is 16.8 Å². The van der Waals surface area contributed by atoms with Gasteiger partial charge in [-0.3, -0.25) is 9.78 Å². The molecule has 0 aliphatic rings. The minimum Gasteiger partial charge on any atom is -0.339 e. The van der Waals surface area contributed by atoms with Gasteiger partial charge < -0.3 is 10.6 Å². The van der Waals surface area contributed by atoms with Gasteiger partial charge in [-0.05, 0) is 31.5 Å². The third kappa shape index (κ3) is 4.00. The molecule has 0 saturated carbocycles. The fourth-order valence-corrected chi connectivity index (χ4v) is 2.38. The van der Waals surface area contributed by atoms with Crippen LogP contribution in [0.4, 0.5) is 17.3 Å². The second kappa shape index (κ2) is 7.57. The van der Waals surface area contributed by atoms with Crippen molar-refractivity contribution in [1.82, 2.24) is 19.7 Å². The molecule has 0 aliphatic carbocycles. The van der Waals surface area contributed by atoms with Crippen LogP contribution in [0.1, 0.15) is 36.7 Å². The van der Waals surface area contributed by atoms with Gasteiger partial charge in [0.05, 0.1) is 18.4 Å². The average molecular weight is 336 g/mol. The number of aromatic nitrogens is 4. The molecule has 1 amide bonds. The number of hydrogen-bond donors (Lipinski definition) is 2. The Labute approximate surface area is 146 Å². The minimum atomic E-state index is -0.187. The van der Waals surface area contributed by atoms with Gasteiger partial charge >= 0.3 is 0 Å². The van der Waals surface area contributed by atoms with E-state index in [0.29, 0.717) is 17.2 Å². The van der Waals surface area contributed by atoms with Gasteiger partial charge in [-0.2, -0.15) is 5.10 Å². The van der Waals surface area contributed by atoms with E-state index in [1.165, 1.54) is 0 Å². The summed E-state index contributed by atoms with van der Waals surface area (Å²) >= 11 is 0. The standard InChI is InChI=1S/C18H20N6O/c1-3-13(2)24-17(7-8-21-24)23-18(25)14-5-4-6-15(11-14)22-16-12-19-9-10-20-16/h4-13H,3H2,1-2H3,(H,20,22)(H,23,25)/t13-/m0/s1. The van der Waals surface area contributed by atoms with Gasteiger partial charge in [-0.1, -0.05) is 13.0 Å². The minimum absolute atomic E-state index is 0.187. The number of anilines is 3. The molecular formula is C18H20N6O. The molecule has 0 bridgehead atoms. The third-order valence-electron chi connectivity index (χ3n) is 3.88.